The zero-order valence-electron chi connectivity index (χ0n) is 17.9. The first-order chi connectivity index (χ1) is 16.7. The predicted molar refractivity (Wildman–Crippen MR) is 134 cm³/mol. The van der Waals surface area contributed by atoms with Gasteiger partial charge in [0, 0.05) is 5.56 Å². The minimum Gasteiger partial charge on any atom is -0.493 e. The number of rotatable bonds is 4. The van der Waals surface area contributed by atoms with Gasteiger partial charge in [0.25, 0.3) is 5.56 Å². The van der Waals surface area contributed by atoms with Gasteiger partial charge in [-0.25, -0.2) is 19.3 Å². The van der Waals surface area contributed by atoms with Gasteiger partial charge in [-0.1, -0.05) is 66.7 Å². The standard InChI is InChI=1S/C27H18N4O2S/c32-26-22(16-19-17-23-24(28-19)29-25(34-23)18-10-4-1-5-11-18)27(33)31(21-14-8-3-9-15-21)30(26)20-12-6-2-7-13-20/h1-17,32H. The fourth-order valence-electron chi connectivity index (χ4n) is 3.96. The Kier molecular flexibility index (Phi) is 4.82. The van der Waals surface area contributed by atoms with Crippen LogP contribution in [0.5, 0.6) is 5.88 Å². The smallest absolute Gasteiger partial charge is 0.283 e. The molecule has 0 fully saturated rings. The van der Waals surface area contributed by atoms with Crippen LogP contribution in [0.25, 0.3) is 34.1 Å². The van der Waals surface area contributed by atoms with E-state index in [9.17, 15) is 9.90 Å². The molecule has 1 aliphatic rings. The molecule has 34 heavy (non-hydrogen) atoms. The summed E-state index contributed by atoms with van der Waals surface area (Å²) in [5.41, 5.74) is 3.40. The number of aromatic hydroxyl groups is 1. The molecule has 3 heterocycles. The fraction of sp³-hybridized carbons (Fsp3) is 0. The maximum Gasteiger partial charge on any atom is 0.283 e. The van der Waals surface area contributed by atoms with E-state index in [1.54, 1.807) is 17.4 Å². The summed E-state index contributed by atoms with van der Waals surface area (Å²) in [7, 11) is 0. The molecular weight excluding hydrogens is 444 g/mol. The average Bonchev–Trinajstić information content (AvgIpc) is 3.52. The minimum absolute atomic E-state index is 0.149. The maximum atomic E-state index is 13.5. The molecular formula is C27H18N4O2S. The minimum atomic E-state index is -0.336. The van der Waals surface area contributed by atoms with Crippen LogP contribution in [-0.2, 0) is 0 Å². The first-order valence-electron chi connectivity index (χ1n) is 10.7. The van der Waals surface area contributed by atoms with Gasteiger partial charge < -0.3 is 5.11 Å². The summed E-state index contributed by atoms with van der Waals surface area (Å²) >= 11 is 1.55. The number of hydrogen-bond donors (Lipinski definition) is 1. The highest BCUT2D eigenvalue weighted by Gasteiger charge is 2.21. The molecule has 1 aliphatic heterocycles. The number of para-hydroxylation sites is 2. The van der Waals surface area contributed by atoms with E-state index in [0.29, 0.717) is 22.6 Å². The van der Waals surface area contributed by atoms with Crippen molar-refractivity contribution in [3.8, 4) is 27.8 Å². The largest absolute Gasteiger partial charge is 0.493 e. The molecule has 0 aliphatic carbocycles. The number of aromatic nitrogens is 3. The molecule has 2 aromatic heterocycles. The van der Waals surface area contributed by atoms with Crippen LogP contribution in [0.1, 0.15) is 5.56 Å². The van der Waals surface area contributed by atoms with Crippen molar-refractivity contribution in [3.63, 3.8) is 0 Å². The zero-order valence-corrected chi connectivity index (χ0v) is 18.7. The quantitative estimate of drug-likeness (QED) is 0.440. The van der Waals surface area contributed by atoms with Crippen molar-refractivity contribution in [3.05, 3.63) is 123 Å². The van der Waals surface area contributed by atoms with E-state index in [4.69, 9.17) is 0 Å². The molecule has 5 aromatic rings. The highest BCUT2D eigenvalue weighted by Crippen LogP contribution is 2.26. The van der Waals surface area contributed by atoms with Crippen LogP contribution in [0.3, 0.4) is 0 Å². The molecule has 0 radical (unpaired) electrons. The van der Waals surface area contributed by atoms with Gasteiger partial charge in [-0.3, -0.25) is 4.79 Å². The first kappa shape index (κ1) is 20.1. The van der Waals surface area contributed by atoms with Crippen molar-refractivity contribution in [1.29, 1.82) is 0 Å². The number of benzene rings is 3. The van der Waals surface area contributed by atoms with E-state index in [1.807, 2.05) is 97.1 Å². The van der Waals surface area contributed by atoms with E-state index in [1.165, 1.54) is 9.36 Å². The molecule has 0 spiro atoms. The van der Waals surface area contributed by atoms with Crippen molar-refractivity contribution < 1.29 is 5.11 Å². The lowest BCUT2D eigenvalue weighted by Gasteiger charge is -2.12. The topological polar surface area (TPSA) is 72.4 Å². The monoisotopic (exact) mass is 462 g/mol. The molecule has 6 rings (SSSR count). The highest BCUT2D eigenvalue weighted by atomic mass is 32.1. The van der Waals surface area contributed by atoms with Crippen LogP contribution in [0.4, 0.5) is 0 Å². The molecule has 6 nitrogen and oxygen atoms in total. The Hall–Kier alpha value is -4.49. The van der Waals surface area contributed by atoms with Crippen molar-refractivity contribution in [2.75, 3.05) is 0 Å². The lowest BCUT2D eigenvalue weighted by atomic mass is 10.2. The Balaban J connectivity index is 1.48. The van der Waals surface area contributed by atoms with Crippen molar-refractivity contribution in [2.45, 2.75) is 0 Å². The van der Waals surface area contributed by atoms with E-state index in [0.717, 1.165) is 15.1 Å². The Bertz CT molecular complexity index is 1680. The molecule has 1 N–H and O–H groups in total. The molecule has 0 saturated heterocycles. The van der Waals surface area contributed by atoms with Gasteiger partial charge in [-0.2, -0.15) is 0 Å². The Morgan fingerprint density at radius 1 is 0.794 bits per heavy atom. The Morgan fingerprint density at radius 3 is 2.00 bits per heavy atom. The maximum absolute atomic E-state index is 13.5. The van der Waals surface area contributed by atoms with Crippen molar-refractivity contribution in [2.24, 2.45) is 4.99 Å². The predicted octanol–water partition coefficient (Wildman–Crippen LogP) is 3.91. The van der Waals surface area contributed by atoms with Gasteiger partial charge in [-0.05, 0) is 36.4 Å². The van der Waals surface area contributed by atoms with Crippen molar-refractivity contribution >= 4 is 23.5 Å². The number of fused-ring (bicyclic) bond motifs is 1. The number of thiazole rings is 1. The van der Waals surface area contributed by atoms with Gasteiger partial charge in [-0.15, -0.1) is 11.3 Å². The first-order valence-corrected chi connectivity index (χ1v) is 11.5. The summed E-state index contributed by atoms with van der Waals surface area (Å²) in [5.74, 6) is -0.149. The molecule has 164 valence electrons. The summed E-state index contributed by atoms with van der Waals surface area (Å²) < 4.78 is 3.91. The second-order valence-electron chi connectivity index (χ2n) is 7.74. The average molecular weight is 463 g/mol. The number of nitrogens with zero attached hydrogens (tertiary/aromatic N) is 4. The molecule has 0 amide bonds. The van der Waals surface area contributed by atoms with Crippen LogP contribution in [-0.4, -0.2) is 19.5 Å². The number of hydrogen-bond acceptors (Lipinski definition) is 5. The Morgan fingerprint density at radius 2 is 1.38 bits per heavy atom. The highest BCUT2D eigenvalue weighted by molar-refractivity contribution is 7.13. The molecule has 7 heteroatoms. The van der Waals surface area contributed by atoms with E-state index in [2.05, 4.69) is 9.98 Å². The number of allylic oxidation sites excluding steroid dienone is 1. The van der Waals surface area contributed by atoms with Gasteiger partial charge in [0.05, 0.1) is 21.6 Å². The SMILES string of the molecule is O=c1c(C=C2C=c3sc(-c4ccccc4)nc3=N2)c(O)n(-c2ccccc2)n1-c1ccccc1. The van der Waals surface area contributed by atoms with Gasteiger partial charge in [0.1, 0.15) is 10.6 Å². The van der Waals surface area contributed by atoms with Crippen molar-refractivity contribution in [1.82, 2.24) is 14.3 Å². The molecule has 3 aromatic carbocycles. The summed E-state index contributed by atoms with van der Waals surface area (Å²) in [4.78, 5) is 22.7. The second-order valence-corrected chi connectivity index (χ2v) is 8.77. The Labute approximate surface area is 198 Å². The third kappa shape index (κ3) is 3.39. The summed E-state index contributed by atoms with van der Waals surface area (Å²) in [6.45, 7) is 0. The van der Waals surface area contributed by atoms with Crippen LogP contribution in [0.15, 0.2) is 106 Å². The molecule has 0 atom stereocenters. The van der Waals surface area contributed by atoms with E-state index >= 15 is 0 Å². The third-order valence-electron chi connectivity index (χ3n) is 5.53. The zero-order chi connectivity index (χ0) is 23.1. The van der Waals surface area contributed by atoms with Gasteiger partial charge >= 0.3 is 0 Å². The third-order valence-corrected chi connectivity index (χ3v) is 6.57. The lowest BCUT2D eigenvalue weighted by Crippen LogP contribution is -2.21. The summed E-state index contributed by atoms with van der Waals surface area (Å²) in [5, 5.41) is 12.1. The fourth-order valence-corrected chi connectivity index (χ4v) is 4.91. The second kappa shape index (κ2) is 8.13. The van der Waals surface area contributed by atoms with Crippen LogP contribution >= 0.6 is 11.3 Å². The summed E-state index contributed by atoms with van der Waals surface area (Å²) in [6.07, 6.45) is 3.51. The molecule has 0 unspecified atom stereocenters. The van der Waals surface area contributed by atoms with Gasteiger partial charge in [0.2, 0.25) is 5.88 Å². The van der Waals surface area contributed by atoms with E-state index in [-0.39, 0.29) is 17.0 Å². The normalized spacial score (nSPS) is 13.5. The molecule has 0 saturated carbocycles. The van der Waals surface area contributed by atoms with Gasteiger partial charge in [0.15, 0.2) is 5.49 Å². The van der Waals surface area contributed by atoms with Crippen LogP contribution in [0.2, 0.25) is 0 Å². The molecule has 0 bridgehead atoms. The van der Waals surface area contributed by atoms with Crippen LogP contribution < -0.4 is 15.6 Å². The summed E-state index contributed by atoms with van der Waals surface area (Å²) in [6, 6.07) is 28.5. The van der Waals surface area contributed by atoms with Crippen LogP contribution in [0, 0.1) is 0 Å². The lowest BCUT2D eigenvalue weighted by molar-refractivity contribution is 0.424. The van der Waals surface area contributed by atoms with E-state index < -0.39 is 0 Å².